The summed E-state index contributed by atoms with van der Waals surface area (Å²) < 4.78 is 0. The van der Waals surface area contributed by atoms with Crippen LogP contribution in [0.1, 0.15) is 97.3 Å². The average molecular weight is 268 g/mol. The summed E-state index contributed by atoms with van der Waals surface area (Å²) >= 11 is 0. The number of hydrogen-bond acceptors (Lipinski definition) is 1. The van der Waals surface area contributed by atoms with Crippen LogP contribution in [0, 0.1) is 5.92 Å². The minimum atomic E-state index is 0.832. The number of unbranched alkanes of at least 4 members (excludes halogenated alkanes) is 10. The summed E-state index contributed by atoms with van der Waals surface area (Å²) in [6, 6.07) is 0.832. The lowest BCUT2D eigenvalue weighted by atomic mass is 9.97. The lowest BCUT2D eigenvalue weighted by Crippen LogP contribution is -2.25. The van der Waals surface area contributed by atoms with Crippen molar-refractivity contribution in [3.8, 4) is 0 Å². The van der Waals surface area contributed by atoms with Gasteiger partial charge in [-0.05, 0) is 25.3 Å². The number of hydrogen-bond donors (Lipinski definition) is 1. The van der Waals surface area contributed by atoms with Crippen LogP contribution in [0.2, 0.25) is 0 Å². The second-order valence-electron chi connectivity index (χ2n) is 6.65. The standard InChI is InChI=1S/C18H37N/c1-3-4-5-6-7-8-9-10-11-12-13-14-18-17(2)15-16-19-18/h17-19H,3-16H2,1-2H3. The first-order chi connectivity index (χ1) is 9.34. The van der Waals surface area contributed by atoms with E-state index in [4.69, 9.17) is 0 Å². The molecule has 0 amide bonds. The van der Waals surface area contributed by atoms with Gasteiger partial charge in [-0.2, -0.15) is 0 Å². The maximum Gasteiger partial charge on any atom is 0.00931 e. The molecule has 0 aromatic rings. The van der Waals surface area contributed by atoms with Crippen molar-refractivity contribution >= 4 is 0 Å². The Morgan fingerprint density at radius 3 is 1.79 bits per heavy atom. The molecule has 1 heterocycles. The highest BCUT2D eigenvalue weighted by Gasteiger charge is 2.21. The third-order valence-corrected chi connectivity index (χ3v) is 4.81. The van der Waals surface area contributed by atoms with Crippen LogP contribution in [0.3, 0.4) is 0 Å². The number of rotatable bonds is 12. The summed E-state index contributed by atoms with van der Waals surface area (Å²) in [5.74, 6) is 0.920. The van der Waals surface area contributed by atoms with Gasteiger partial charge in [-0.15, -0.1) is 0 Å². The Hall–Kier alpha value is -0.0400. The van der Waals surface area contributed by atoms with Gasteiger partial charge in [0.15, 0.2) is 0 Å². The van der Waals surface area contributed by atoms with Gasteiger partial charge in [0.25, 0.3) is 0 Å². The fraction of sp³-hybridized carbons (Fsp3) is 1.00. The topological polar surface area (TPSA) is 12.0 Å². The zero-order valence-electron chi connectivity index (χ0n) is 13.6. The van der Waals surface area contributed by atoms with E-state index in [0.717, 1.165) is 12.0 Å². The molecule has 0 spiro atoms. The normalized spacial score (nSPS) is 23.1. The van der Waals surface area contributed by atoms with Crippen LogP contribution in [0.15, 0.2) is 0 Å². The fourth-order valence-electron chi connectivity index (χ4n) is 3.31. The maximum absolute atomic E-state index is 3.64. The minimum Gasteiger partial charge on any atom is -0.314 e. The van der Waals surface area contributed by atoms with E-state index in [1.807, 2.05) is 0 Å². The zero-order chi connectivity index (χ0) is 13.8. The second-order valence-corrected chi connectivity index (χ2v) is 6.65. The summed E-state index contributed by atoms with van der Waals surface area (Å²) in [5, 5.41) is 3.64. The fourth-order valence-corrected chi connectivity index (χ4v) is 3.31. The molecule has 19 heavy (non-hydrogen) atoms. The lowest BCUT2D eigenvalue weighted by Gasteiger charge is -2.14. The Bertz CT molecular complexity index is 190. The van der Waals surface area contributed by atoms with Gasteiger partial charge in [0, 0.05) is 6.04 Å². The highest BCUT2D eigenvalue weighted by molar-refractivity contribution is 4.80. The highest BCUT2D eigenvalue weighted by atomic mass is 14.9. The molecule has 0 saturated carbocycles. The molecule has 0 aliphatic carbocycles. The Morgan fingerprint density at radius 1 is 0.789 bits per heavy atom. The Kier molecular flexibility index (Phi) is 10.5. The SMILES string of the molecule is CCCCCCCCCCCCCC1NCCC1C. The van der Waals surface area contributed by atoms with Gasteiger partial charge in [-0.3, -0.25) is 0 Å². The van der Waals surface area contributed by atoms with E-state index in [2.05, 4.69) is 19.2 Å². The Labute approximate surface area is 121 Å². The van der Waals surface area contributed by atoms with Crippen molar-refractivity contribution in [1.29, 1.82) is 0 Å². The molecule has 114 valence electrons. The minimum absolute atomic E-state index is 0.832. The van der Waals surface area contributed by atoms with Crippen LogP contribution in [0.4, 0.5) is 0 Å². The van der Waals surface area contributed by atoms with Crippen LogP contribution in [0.5, 0.6) is 0 Å². The predicted molar refractivity (Wildman–Crippen MR) is 86.6 cm³/mol. The summed E-state index contributed by atoms with van der Waals surface area (Å²) in [4.78, 5) is 0. The summed E-state index contributed by atoms with van der Waals surface area (Å²) in [6.45, 7) is 5.95. The average Bonchev–Trinajstić information content (AvgIpc) is 2.82. The van der Waals surface area contributed by atoms with Gasteiger partial charge in [0.2, 0.25) is 0 Å². The molecule has 2 unspecified atom stereocenters. The monoisotopic (exact) mass is 267 g/mol. The highest BCUT2D eigenvalue weighted by Crippen LogP contribution is 2.20. The molecule has 1 rings (SSSR count). The molecular formula is C18H37N. The largest absolute Gasteiger partial charge is 0.314 e. The molecule has 0 aromatic heterocycles. The summed E-state index contributed by atoms with van der Waals surface area (Å²) in [7, 11) is 0. The molecule has 1 aliphatic heterocycles. The molecule has 1 aliphatic rings. The molecular weight excluding hydrogens is 230 g/mol. The van der Waals surface area contributed by atoms with Crippen LogP contribution < -0.4 is 5.32 Å². The van der Waals surface area contributed by atoms with Crippen LogP contribution in [-0.4, -0.2) is 12.6 Å². The Balaban J connectivity index is 1.74. The molecule has 1 heteroatoms. The van der Waals surface area contributed by atoms with Gasteiger partial charge in [-0.25, -0.2) is 0 Å². The zero-order valence-corrected chi connectivity index (χ0v) is 13.6. The van der Waals surface area contributed by atoms with Crippen LogP contribution in [-0.2, 0) is 0 Å². The van der Waals surface area contributed by atoms with Gasteiger partial charge >= 0.3 is 0 Å². The first-order valence-electron chi connectivity index (χ1n) is 9.08. The van der Waals surface area contributed by atoms with Gasteiger partial charge < -0.3 is 5.32 Å². The lowest BCUT2D eigenvalue weighted by molar-refractivity contribution is 0.428. The van der Waals surface area contributed by atoms with Crippen LogP contribution in [0.25, 0.3) is 0 Å². The van der Waals surface area contributed by atoms with Crippen molar-refractivity contribution in [2.75, 3.05) is 6.54 Å². The number of nitrogens with one attached hydrogen (secondary N) is 1. The van der Waals surface area contributed by atoms with E-state index in [-0.39, 0.29) is 0 Å². The second kappa shape index (κ2) is 11.8. The van der Waals surface area contributed by atoms with Crippen molar-refractivity contribution in [3.63, 3.8) is 0 Å². The van der Waals surface area contributed by atoms with Crippen molar-refractivity contribution in [3.05, 3.63) is 0 Å². The van der Waals surface area contributed by atoms with Crippen LogP contribution >= 0.6 is 0 Å². The maximum atomic E-state index is 3.64. The van der Waals surface area contributed by atoms with E-state index < -0.39 is 0 Å². The molecule has 1 nitrogen and oxygen atoms in total. The third-order valence-electron chi connectivity index (χ3n) is 4.81. The molecule has 1 saturated heterocycles. The summed E-state index contributed by atoms with van der Waals surface area (Å²) in [5.41, 5.74) is 0. The quantitative estimate of drug-likeness (QED) is 0.448. The predicted octanol–water partition coefficient (Wildman–Crippen LogP) is 5.69. The molecule has 0 aromatic carbocycles. The van der Waals surface area contributed by atoms with E-state index in [1.165, 1.54) is 90.0 Å². The third kappa shape index (κ3) is 8.68. The van der Waals surface area contributed by atoms with E-state index in [9.17, 15) is 0 Å². The van der Waals surface area contributed by atoms with Crippen molar-refractivity contribution in [2.24, 2.45) is 5.92 Å². The van der Waals surface area contributed by atoms with Crippen molar-refractivity contribution < 1.29 is 0 Å². The van der Waals surface area contributed by atoms with E-state index >= 15 is 0 Å². The first-order valence-corrected chi connectivity index (χ1v) is 9.08. The van der Waals surface area contributed by atoms with Crippen molar-refractivity contribution in [2.45, 2.75) is 103 Å². The molecule has 0 radical (unpaired) electrons. The van der Waals surface area contributed by atoms with Crippen molar-refractivity contribution in [1.82, 2.24) is 5.32 Å². The first kappa shape index (κ1) is 17.0. The Morgan fingerprint density at radius 2 is 1.32 bits per heavy atom. The molecule has 0 bridgehead atoms. The smallest absolute Gasteiger partial charge is 0.00931 e. The molecule has 1 fully saturated rings. The van der Waals surface area contributed by atoms with E-state index in [1.54, 1.807) is 0 Å². The van der Waals surface area contributed by atoms with Gasteiger partial charge in [0.05, 0.1) is 0 Å². The summed E-state index contributed by atoms with van der Waals surface area (Å²) in [6.07, 6.45) is 18.8. The molecule has 1 N–H and O–H groups in total. The van der Waals surface area contributed by atoms with Gasteiger partial charge in [0.1, 0.15) is 0 Å². The van der Waals surface area contributed by atoms with E-state index in [0.29, 0.717) is 0 Å². The van der Waals surface area contributed by atoms with Gasteiger partial charge in [-0.1, -0.05) is 84.5 Å². The molecule has 2 atom stereocenters.